The number of carbonyl (C=O) groups is 1. The average molecular weight is 308 g/mol. The predicted octanol–water partition coefficient (Wildman–Crippen LogP) is 1.84. The van der Waals surface area contributed by atoms with E-state index in [0.29, 0.717) is 4.90 Å². The quantitative estimate of drug-likeness (QED) is 0.593. The lowest BCUT2D eigenvalue weighted by Crippen LogP contribution is -2.42. The summed E-state index contributed by atoms with van der Waals surface area (Å²) in [6, 6.07) is 1.07. The van der Waals surface area contributed by atoms with Crippen molar-refractivity contribution >= 4 is 11.7 Å². The van der Waals surface area contributed by atoms with E-state index in [4.69, 9.17) is 0 Å². The smallest absolute Gasteiger partial charge is 0.358 e. The normalized spacial score (nSPS) is 11.7. The van der Waals surface area contributed by atoms with E-state index in [1.807, 2.05) is 0 Å². The van der Waals surface area contributed by atoms with Gasteiger partial charge in [-0.25, -0.2) is 0 Å². The fourth-order valence-electron chi connectivity index (χ4n) is 1.69. The van der Waals surface area contributed by atoms with Gasteiger partial charge in [0.2, 0.25) is 5.91 Å². The van der Waals surface area contributed by atoms with Gasteiger partial charge in [-0.05, 0) is 10.8 Å². The number of amides is 1. The van der Waals surface area contributed by atoms with E-state index in [-0.39, 0.29) is 12.5 Å². The number of alkyl halides is 3. The van der Waals surface area contributed by atoms with E-state index in [9.17, 15) is 28.1 Å². The van der Waals surface area contributed by atoms with Gasteiger partial charge in [-0.15, -0.1) is 0 Å². The van der Waals surface area contributed by atoms with Gasteiger partial charge in [-0.1, -0.05) is 13.8 Å². The Bertz CT molecular complexity index is 513. The minimum atomic E-state index is -4.50. The van der Waals surface area contributed by atoms with Crippen LogP contribution in [0, 0.1) is 16.0 Å². The van der Waals surface area contributed by atoms with Crippen LogP contribution < -0.4 is 0 Å². The van der Waals surface area contributed by atoms with Crippen molar-refractivity contribution in [2.45, 2.75) is 26.6 Å². The molecule has 10 heteroatoms. The molecule has 1 aromatic heterocycles. The number of hydrogen-bond donors (Lipinski definition) is 0. The van der Waals surface area contributed by atoms with Crippen LogP contribution in [0.2, 0.25) is 0 Å². The third-order valence-electron chi connectivity index (χ3n) is 2.42. The summed E-state index contributed by atoms with van der Waals surface area (Å²) < 4.78 is 38.3. The molecule has 0 unspecified atom stereocenters. The number of nitro groups is 1. The summed E-state index contributed by atoms with van der Waals surface area (Å²) in [5, 5.41) is 13.9. The monoisotopic (exact) mass is 308 g/mol. The van der Waals surface area contributed by atoms with Crippen molar-refractivity contribution in [2.75, 3.05) is 13.1 Å². The van der Waals surface area contributed by atoms with Crippen LogP contribution in [0.5, 0.6) is 0 Å². The summed E-state index contributed by atoms with van der Waals surface area (Å²) >= 11 is 0. The third kappa shape index (κ3) is 5.79. The van der Waals surface area contributed by atoms with Crippen LogP contribution in [-0.4, -0.2) is 44.8 Å². The molecule has 0 radical (unpaired) electrons. The van der Waals surface area contributed by atoms with Gasteiger partial charge < -0.3 is 15.0 Å². The Hall–Kier alpha value is -2.13. The van der Waals surface area contributed by atoms with Gasteiger partial charge in [0.15, 0.2) is 0 Å². The van der Waals surface area contributed by atoms with Crippen LogP contribution in [0.1, 0.15) is 13.8 Å². The van der Waals surface area contributed by atoms with E-state index in [1.165, 1.54) is 6.20 Å². The van der Waals surface area contributed by atoms with Gasteiger partial charge in [0, 0.05) is 6.54 Å². The second-order valence-corrected chi connectivity index (χ2v) is 4.91. The molecular weight excluding hydrogens is 293 g/mol. The Morgan fingerprint density at radius 3 is 2.57 bits per heavy atom. The molecule has 1 aromatic rings. The predicted molar refractivity (Wildman–Crippen MR) is 66.4 cm³/mol. The zero-order valence-corrected chi connectivity index (χ0v) is 11.5. The van der Waals surface area contributed by atoms with Crippen molar-refractivity contribution in [3.8, 4) is 0 Å². The first-order chi connectivity index (χ1) is 9.58. The Morgan fingerprint density at radius 2 is 2.14 bits per heavy atom. The Labute approximate surface area is 118 Å². The highest BCUT2D eigenvalue weighted by atomic mass is 19.4. The second kappa shape index (κ2) is 6.55. The molecule has 0 bridgehead atoms. The molecule has 0 saturated heterocycles. The molecule has 7 nitrogen and oxygen atoms in total. The van der Waals surface area contributed by atoms with Crippen molar-refractivity contribution in [1.82, 2.24) is 14.7 Å². The number of carbonyl (C=O) groups excluding carboxylic acids is 1. The molecule has 0 N–H and O–H groups in total. The van der Waals surface area contributed by atoms with E-state index >= 15 is 0 Å². The first-order valence-electron chi connectivity index (χ1n) is 6.11. The SMILES string of the molecule is CC(C)CN(CC(F)(F)F)C(=O)Cn1ccc([N+](=O)[O-])n1. The molecule has 0 atom stereocenters. The van der Waals surface area contributed by atoms with Crippen molar-refractivity contribution in [3.63, 3.8) is 0 Å². The van der Waals surface area contributed by atoms with Crippen molar-refractivity contribution in [3.05, 3.63) is 22.4 Å². The van der Waals surface area contributed by atoms with Gasteiger partial charge >= 0.3 is 12.0 Å². The number of hydrogen-bond acceptors (Lipinski definition) is 4. The van der Waals surface area contributed by atoms with E-state index in [2.05, 4.69) is 5.10 Å². The first kappa shape index (κ1) is 16.9. The van der Waals surface area contributed by atoms with E-state index < -0.39 is 35.9 Å². The molecule has 0 aliphatic heterocycles. The molecule has 0 spiro atoms. The van der Waals surface area contributed by atoms with Crippen molar-refractivity contribution < 1.29 is 22.9 Å². The molecule has 0 aliphatic carbocycles. The standard InChI is InChI=1S/C11H15F3N4O3/c1-8(2)5-16(7-11(12,13)14)10(19)6-17-4-3-9(15-17)18(20)21/h3-4,8H,5-7H2,1-2H3. The minimum Gasteiger partial charge on any atom is -0.358 e. The largest absolute Gasteiger partial charge is 0.406 e. The topological polar surface area (TPSA) is 81.3 Å². The lowest BCUT2D eigenvalue weighted by atomic mass is 10.2. The number of halogens is 3. The Balaban J connectivity index is 2.77. The maximum Gasteiger partial charge on any atom is 0.406 e. The van der Waals surface area contributed by atoms with Crippen molar-refractivity contribution in [1.29, 1.82) is 0 Å². The fraction of sp³-hybridized carbons (Fsp3) is 0.636. The highest BCUT2D eigenvalue weighted by molar-refractivity contribution is 5.76. The van der Waals surface area contributed by atoms with Crippen LogP contribution in [0.4, 0.5) is 19.0 Å². The molecule has 0 aliphatic rings. The highest BCUT2D eigenvalue weighted by Gasteiger charge is 2.33. The molecule has 0 saturated carbocycles. The van der Waals surface area contributed by atoms with Crippen LogP contribution >= 0.6 is 0 Å². The number of nitrogens with zero attached hydrogens (tertiary/aromatic N) is 4. The number of rotatable bonds is 6. The fourth-order valence-corrected chi connectivity index (χ4v) is 1.69. The highest BCUT2D eigenvalue weighted by Crippen LogP contribution is 2.18. The summed E-state index contributed by atoms with van der Waals surface area (Å²) in [6.45, 7) is 1.50. The van der Waals surface area contributed by atoms with Gasteiger partial charge in [0.25, 0.3) is 0 Å². The lowest BCUT2D eigenvalue weighted by Gasteiger charge is -2.25. The third-order valence-corrected chi connectivity index (χ3v) is 2.42. The summed E-state index contributed by atoms with van der Waals surface area (Å²) in [4.78, 5) is 22.3. The minimum absolute atomic E-state index is 0.0539. The second-order valence-electron chi connectivity index (χ2n) is 4.91. The van der Waals surface area contributed by atoms with Gasteiger partial charge in [0.05, 0.1) is 17.4 Å². The first-order valence-corrected chi connectivity index (χ1v) is 6.11. The van der Waals surface area contributed by atoms with Gasteiger partial charge in [-0.2, -0.15) is 17.9 Å². The Kier molecular flexibility index (Phi) is 5.28. The van der Waals surface area contributed by atoms with Crippen LogP contribution in [0.3, 0.4) is 0 Å². The lowest BCUT2D eigenvalue weighted by molar-refractivity contribution is -0.389. The molecule has 0 aromatic carbocycles. The maximum absolute atomic E-state index is 12.5. The van der Waals surface area contributed by atoms with Crippen molar-refractivity contribution in [2.24, 2.45) is 5.92 Å². The van der Waals surface area contributed by atoms with Crippen LogP contribution in [0.25, 0.3) is 0 Å². The van der Waals surface area contributed by atoms with Crippen LogP contribution in [-0.2, 0) is 11.3 Å². The maximum atomic E-state index is 12.5. The molecule has 1 rings (SSSR count). The molecule has 1 heterocycles. The molecule has 0 fully saturated rings. The molecule has 21 heavy (non-hydrogen) atoms. The molecular formula is C11H15F3N4O3. The van der Waals surface area contributed by atoms with E-state index in [0.717, 1.165) is 10.7 Å². The summed E-state index contributed by atoms with van der Waals surface area (Å²) in [7, 11) is 0. The van der Waals surface area contributed by atoms with Crippen LogP contribution in [0.15, 0.2) is 12.3 Å². The summed E-state index contributed by atoms with van der Waals surface area (Å²) in [5.41, 5.74) is 0. The van der Waals surface area contributed by atoms with Gasteiger partial charge in [0.1, 0.15) is 13.1 Å². The average Bonchev–Trinajstić information content (AvgIpc) is 2.74. The zero-order chi connectivity index (χ0) is 16.2. The van der Waals surface area contributed by atoms with E-state index in [1.54, 1.807) is 13.8 Å². The summed E-state index contributed by atoms with van der Waals surface area (Å²) in [6.07, 6.45) is -3.32. The summed E-state index contributed by atoms with van der Waals surface area (Å²) in [5.74, 6) is -1.39. The number of aromatic nitrogens is 2. The molecule has 1 amide bonds. The molecule has 118 valence electrons. The zero-order valence-electron chi connectivity index (χ0n) is 11.5. The Morgan fingerprint density at radius 1 is 1.52 bits per heavy atom. The van der Waals surface area contributed by atoms with Gasteiger partial charge in [-0.3, -0.25) is 4.79 Å².